The Morgan fingerprint density at radius 3 is 2.85 bits per heavy atom. The first-order chi connectivity index (χ1) is 9.60. The van der Waals surface area contributed by atoms with Crippen LogP contribution in [0, 0.1) is 17.6 Å². The SMILES string of the molecule is OC(c1ccc(F)cc1F)C1CCOC2(CCOC2)C1. The minimum absolute atomic E-state index is 0.0922. The van der Waals surface area contributed by atoms with Gasteiger partial charge in [-0.1, -0.05) is 6.07 Å². The second kappa shape index (κ2) is 5.39. The standard InChI is InChI=1S/C15H18F2O3/c16-11-1-2-12(13(17)7-11)14(18)10-3-5-20-15(8-10)4-6-19-9-15/h1-2,7,10,14,18H,3-6,8-9H2. The first-order valence-corrected chi connectivity index (χ1v) is 6.94. The molecule has 110 valence electrons. The maximum absolute atomic E-state index is 13.8. The molecule has 0 aliphatic carbocycles. The Kier molecular flexibility index (Phi) is 3.75. The fraction of sp³-hybridized carbons (Fsp3) is 0.600. The van der Waals surface area contributed by atoms with Crippen LogP contribution < -0.4 is 0 Å². The number of ether oxygens (including phenoxy) is 2. The van der Waals surface area contributed by atoms with Gasteiger partial charge in [-0.2, -0.15) is 0 Å². The van der Waals surface area contributed by atoms with Crippen LogP contribution in [-0.4, -0.2) is 30.5 Å². The molecular weight excluding hydrogens is 266 g/mol. The predicted octanol–water partition coefficient (Wildman–Crippen LogP) is 2.58. The fourth-order valence-corrected chi connectivity index (χ4v) is 3.19. The van der Waals surface area contributed by atoms with E-state index in [-0.39, 0.29) is 17.1 Å². The Balaban J connectivity index is 1.77. The van der Waals surface area contributed by atoms with Gasteiger partial charge in [0.05, 0.1) is 18.3 Å². The summed E-state index contributed by atoms with van der Waals surface area (Å²) in [5.74, 6) is -1.42. The molecule has 3 rings (SSSR count). The minimum atomic E-state index is -0.933. The summed E-state index contributed by atoms with van der Waals surface area (Å²) in [4.78, 5) is 0. The Bertz CT molecular complexity index is 486. The Morgan fingerprint density at radius 1 is 1.30 bits per heavy atom. The zero-order valence-electron chi connectivity index (χ0n) is 11.1. The molecule has 1 N–H and O–H groups in total. The molecule has 2 fully saturated rings. The van der Waals surface area contributed by atoms with E-state index in [1.165, 1.54) is 12.1 Å². The molecule has 2 aliphatic heterocycles. The Morgan fingerprint density at radius 2 is 2.15 bits per heavy atom. The minimum Gasteiger partial charge on any atom is -0.388 e. The van der Waals surface area contributed by atoms with Crippen LogP contribution >= 0.6 is 0 Å². The quantitative estimate of drug-likeness (QED) is 0.907. The highest BCUT2D eigenvalue weighted by Gasteiger charge is 2.43. The van der Waals surface area contributed by atoms with E-state index in [2.05, 4.69) is 0 Å². The Hall–Kier alpha value is -1.04. The van der Waals surface area contributed by atoms with E-state index in [0.717, 1.165) is 12.5 Å². The number of hydrogen-bond acceptors (Lipinski definition) is 3. The summed E-state index contributed by atoms with van der Waals surface area (Å²) < 4.78 is 37.9. The molecule has 20 heavy (non-hydrogen) atoms. The molecule has 2 aliphatic rings. The van der Waals surface area contributed by atoms with Gasteiger partial charge in [0.15, 0.2) is 0 Å². The second-order valence-corrected chi connectivity index (χ2v) is 5.70. The summed E-state index contributed by atoms with van der Waals surface area (Å²) in [7, 11) is 0. The van der Waals surface area contributed by atoms with Gasteiger partial charge in [0.1, 0.15) is 11.6 Å². The van der Waals surface area contributed by atoms with Crippen molar-refractivity contribution in [3.05, 3.63) is 35.4 Å². The first-order valence-electron chi connectivity index (χ1n) is 6.94. The van der Waals surface area contributed by atoms with Crippen LogP contribution in [0.5, 0.6) is 0 Å². The number of aliphatic hydroxyl groups excluding tert-OH is 1. The van der Waals surface area contributed by atoms with E-state index in [1.54, 1.807) is 0 Å². The summed E-state index contributed by atoms with van der Waals surface area (Å²) in [6.45, 7) is 1.73. The average Bonchev–Trinajstić information content (AvgIpc) is 2.86. The monoisotopic (exact) mass is 284 g/mol. The lowest BCUT2D eigenvalue weighted by molar-refractivity contribution is -0.117. The summed E-state index contributed by atoms with van der Waals surface area (Å²) in [6.07, 6.45) is 1.18. The zero-order chi connectivity index (χ0) is 14.2. The second-order valence-electron chi connectivity index (χ2n) is 5.70. The third-order valence-corrected chi connectivity index (χ3v) is 4.33. The highest BCUT2D eigenvalue weighted by Crippen LogP contribution is 2.41. The summed E-state index contributed by atoms with van der Waals surface area (Å²) >= 11 is 0. The van der Waals surface area contributed by atoms with E-state index in [4.69, 9.17) is 9.47 Å². The first kappa shape index (κ1) is 13.9. The van der Waals surface area contributed by atoms with Gasteiger partial charge >= 0.3 is 0 Å². The Labute approximate surface area is 116 Å². The van der Waals surface area contributed by atoms with E-state index < -0.39 is 17.7 Å². The third-order valence-electron chi connectivity index (χ3n) is 4.33. The van der Waals surface area contributed by atoms with Crippen LogP contribution in [0.4, 0.5) is 8.78 Å². The van der Waals surface area contributed by atoms with Crippen molar-refractivity contribution >= 4 is 0 Å². The normalized spacial score (nSPS) is 31.6. The van der Waals surface area contributed by atoms with E-state index in [0.29, 0.717) is 32.7 Å². The van der Waals surface area contributed by atoms with Gasteiger partial charge in [0.25, 0.3) is 0 Å². The molecule has 3 unspecified atom stereocenters. The number of benzene rings is 1. The van der Waals surface area contributed by atoms with E-state index in [1.807, 2.05) is 0 Å². The number of halogens is 2. The van der Waals surface area contributed by atoms with Crippen LogP contribution in [0.1, 0.15) is 30.9 Å². The van der Waals surface area contributed by atoms with Crippen LogP contribution in [0.15, 0.2) is 18.2 Å². The molecular formula is C15H18F2O3. The average molecular weight is 284 g/mol. The molecule has 1 spiro atoms. The van der Waals surface area contributed by atoms with Crippen LogP contribution in [-0.2, 0) is 9.47 Å². The summed E-state index contributed by atoms with van der Waals surface area (Å²) in [5.41, 5.74) is -0.173. The topological polar surface area (TPSA) is 38.7 Å². The molecule has 3 atom stereocenters. The summed E-state index contributed by atoms with van der Waals surface area (Å²) in [6, 6.07) is 3.31. The van der Waals surface area contributed by atoms with Crippen LogP contribution in [0.3, 0.4) is 0 Å². The van der Waals surface area contributed by atoms with Gasteiger partial charge in [-0.15, -0.1) is 0 Å². The number of aliphatic hydroxyl groups is 1. The lowest BCUT2D eigenvalue weighted by atomic mass is 9.80. The molecule has 1 aromatic rings. The largest absolute Gasteiger partial charge is 0.388 e. The molecule has 3 nitrogen and oxygen atoms in total. The van der Waals surface area contributed by atoms with Crippen molar-refractivity contribution in [2.45, 2.75) is 31.0 Å². The van der Waals surface area contributed by atoms with Gasteiger partial charge < -0.3 is 14.6 Å². The van der Waals surface area contributed by atoms with Gasteiger partial charge in [-0.3, -0.25) is 0 Å². The predicted molar refractivity (Wildman–Crippen MR) is 68.2 cm³/mol. The van der Waals surface area contributed by atoms with Crippen molar-refractivity contribution < 1.29 is 23.4 Å². The van der Waals surface area contributed by atoms with Crippen molar-refractivity contribution in [3.63, 3.8) is 0 Å². The molecule has 0 radical (unpaired) electrons. The van der Waals surface area contributed by atoms with Crippen molar-refractivity contribution in [2.75, 3.05) is 19.8 Å². The van der Waals surface area contributed by atoms with Crippen LogP contribution in [0.25, 0.3) is 0 Å². The van der Waals surface area contributed by atoms with Gasteiger partial charge in [0, 0.05) is 31.3 Å². The lowest BCUT2D eigenvalue weighted by Crippen LogP contribution is -2.42. The molecule has 0 aromatic heterocycles. The number of hydrogen-bond donors (Lipinski definition) is 1. The van der Waals surface area contributed by atoms with Gasteiger partial charge in [-0.05, 0) is 24.8 Å². The maximum atomic E-state index is 13.8. The highest BCUT2D eigenvalue weighted by molar-refractivity contribution is 5.21. The smallest absolute Gasteiger partial charge is 0.131 e. The van der Waals surface area contributed by atoms with Crippen molar-refractivity contribution in [3.8, 4) is 0 Å². The maximum Gasteiger partial charge on any atom is 0.131 e. The fourth-order valence-electron chi connectivity index (χ4n) is 3.19. The zero-order valence-corrected chi connectivity index (χ0v) is 11.1. The van der Waals surface area contributed by atoms with Gasteiger partial charge in [-0.25, -0.2) is 8.78 Å². The number of rotatable bonds is 2. The van der Waals surface area contributed by atoms with E-state index in [9.17, 15) is 13.9 Å². The van der Waals surface area contributed by atoms with E-state index >= 15 is 0 Å². The lowest BCUT2D eigenvalue weighted by Gasteiger charge is -2.39. The van der Waals surface area contributed by atoms with Crippen molar-refractivity contribution in [2.24, 2.45) is 5.92 Å². The molecule has 0 bridgehead atoms. The molecule has 0 amide bonds. The third kappa shape index (κ3) is 2.57. The highest BCUT2D eigenvalue weighted by atomic mass is 19.1. The van der Waals surface area contributed by atoms with Crippen LogP contribution in [0.2, 0.25) is 0 Å². The van der Waals surface area contributed by atoms with Crippen molar-refractivity contribution in [1.29, 1.82) is 0 Å². The molecule has 2 heterocycles. The van der Waals surface area contributed by atoms with Gasteiger partial charge in [0.2, 0.25) is 0 Å². The summed E-state index contributed by atoms with van der Waals surface area (Å²) in [5, 5.41) is 10.4. The molecule has 2 saturated heterocycles. The molecule has 1 aromatic carbocycles. The van der Waals surface area contributed by atoms with Crippen molar-refractivity contribution in [1.82, 2.24) is 0 Å². The molecule has 0 saturated carbocycles. The molecule has 5 heteroatoms.